The Balaban J connectivity index is 1.80. The lowest BCUT2D eigenvalue weighted by Crippen LogP contribution is -2.28. The standard InChI is InChI=1S/C19H17F4N3O2/c1-10-3-6-16(28-9-19(21,22)23)17(24-10)11(2)25-18(27)15-8-12-7-13(20)4-5-14(12)26-15/h3-8,11,26H,9H2,1-2H3,(H,25,27)/t11-/m1/s1. The smallest absolute Gasteiger partial charge is 0.422 e. The SMILES string of the molecule is Cc1ccc(OCC(F)(F)F)c([C@@H](C)NC(=O)c2cc3cc(F)ccc3[nH]2)n1. The molecule has 0 spiro atoms. The van der Waals surface area contributed by atoms with Crippen LogP contribution in [-0.2, 0) is 0 Å². The van der Waals surface area contributed by atoms with Gasteiger partial charge in [-0.3, -0.25) is 9.78 Å². The van der Waals surface area contributed by atoms with Crippen molar-refractivity contribution in [2.45, 2.75) is 26.1 Å². The molecule has 9 heteroatoms. The number of hydrogen-bond acceptors (Lipinski definition) is 3. The highest BCUT2D eigenvalue weighted by atomic mass is 19.4. The quantitative estimate of drug-likeness (QED) is 0.628. The Kier molecular flexibility index (Phi) is 5.26. The molecule has 1 amide bonds. The van der Waals surface area contributed by atoms with Crippen molar-refractivity contribution in [3.8, 4) is 5.75 Å². The van der Waals surface area contributed by atoms with E-state index in [1.807, 2.05) is 0 Å². The number of nitrogens with zero attached hydrogens (tertiary/aromatic N) is 1. The van der Waals surface area contributed by atoms with E-state index in [0.29, 0.717) is 16.6 Å². The summed E-state index contributed by atoms with van der Waals surface area (Å²) in [5.74, 6) is -0.995. The van der Waals surface area contributed by atoms with Gasteiger partial charge in [0.05, 0.1) is 6.04 Å². The number of amides is 1. The van der Waals surface area contributed by atoms with Crippen LogP contribution in [0.3, 0.4) is 0 Å². The number of rotatable bonds is 5. The second kappa shape index (κ2) is 7.49. The average Bonchev–Trinajstić information content (AvgIpc) is 3.03. The first-order valence-electron chi connectivity index (χ1n) is 8.38. The molecule has 5 nitrogen and oxygen atoms in total. The summed E-state index contributed by atoms with van der Waals surface area (Å²) in [6, 6.07) is 7.75. The monoisotopic (exact) mass is 395 g/mol. The molecule has 2 heterocycles. The summed E-state index contributed by atoms with van der Waals surface area (Å²) in [6.45, 7) is 1.80. The lowest BCUT2D eigenvalue weighted by atomic mass is 10.1. The summed E-state index contributed by atoms with van der Waals surface area (Å²) in [4.78, 5) is 19.6. The molecule has 3 aromatic rings. The third-order valence-electron chi connectivity index (χ3n) is 4.00. The Bertz CT molecular complexity index is 1010. The van der Waals surface area contributed by atoms with Gasteiger partial charge in [0.1, 0.15) is 23.0 Å². The lowest BCUT2D eigenvalue weighted by molar-refractivity contribution is -0.153. The largest absolute Gasteiger partial charge is 0.482 e. The maximum Gasteiger partial charge on any atom is 0.422 e. The van der Waals surface area contributed by atoms with Gasteiger partial charge in [-0.05, 0) is 50.2 Å². The van der Waals surface area contributed by atoms with Gasteiger partial charge in [0.15, 0.2) is 6.61 Å². The molecule has 0 bridgehead atoms. The number of aromatic nitrogens is 2. The third kappa shape index (κ3) is 4.59. The fraction of sp³-hybridized carbons (Fsp3) is 0.263. The van der Waals surface area contributed by atoms with E-state index in [2.05, 4.69) is 15.3 Å². The Labute approximate surface area is 157 Å². The third-order valence-corrected chi connectivity index (χ3v) is 4.00. The summed E-state index contributed by atoms with van der Waals surface area (Å²) in [5.41, 5.74) is 1.52. The first-order valence-corrected chi connectivity index (χ1v) is 8.38. The summed E-state index contributed by atoms with van der Waals surface area (Å²) in [5, 5.41) is 3.19. The number of halogens is 4. The van der Waals surface area contributed by atoms with Gasteiger partial charge in [-0.25, -0.2) is 4.39 Å². The lowest BCUT2D eigenvalue weighted by Gasteiger charge is -2.18. The van der Waals surface area contributed by atoms with Crippen molar-refractivity contribution in [1.82, 2.24) is 15.3 Å². The molecule has 3 rings (SSSR count). The molecule has 28 heavy (non-hydrogen) atoms. The molecule has 1 aromatic carbocycles. The van der Waals surface area contributed by atoms with Crippen molar-refractivity contribution in [3.63, 3.8) is 0 Å². The number of hydrogen-bond donors (Lipinski definition) is 2. The molecule has 0 saturated heterocycles. The van der Waals surface area contributed by atoms with Crippen LogP contribution in [0.15, 0.2) is 36.4 Å². The van der Waals surface area contributed by atoms with Crippen LogP contribution < -0.4 is 10.1 Å². The number of pyridine rings is 1. The fourth-order valence-corrected chi connectivity index (χ4v) is 2.72. The van der Waals surface area contributed by atoms with E-state index in [4.69, 9.17) is 4.74 Å². The van der Waals surface area contributed by atoms with Crippen molar-refractivity contribution >= 4 is 16.8 Å². The summed E-state index contributed by atoms with van der Waals surface area (Å²) >= 11 is 0. The van der Waals surface area contributed by atoms with Crippen LogP contribution in [0.25, 0.3) is 10.9 Å². The number of benzene rings is 1. The second-order valence-corrected chi connectivity index (χ2v) is 6.35. The van der Waals surface area contributed by atoms with E-state index < -0.39 is 30.5 Å². The maximum absolute atomic E-state index is 13.3. The van der Waals surface area contributed by atoms with Crippen LogP contribution in [-0.4, -0.2) is 28.7 Å². The minimum atomic E-state index is -4.49. The molecule has 2 N–H and O–H groups in total. The molecule has 148 valence electrons. The van der Waals surface area contributed by atoms with Gasteiger partial charge in [-0.1, -0.05) is 0 Å². The van der Waals surface area contributed by atoms with E-state index in [1.54, 1.807) is 13.8 Å². The molecular weight excluding hydrogens is 378 g/mol. The average molecular weight is 395 g/mol. The molecule has 0 aliphatic heterocycles. The normalized spacial score (nSPS) is 12.8. The highest BCUT2D eigenvalue weighted by Crippen LogP contribution is 2.26. The van der Waals surface area contributed by atoms with Crippen LogP contribution >= 0.6 is 0 Å². The number of nitrogens with one attached hydrogen (secondary N) is 2. The molecule has 0 saturated carbocycles. The van der Waals surface area contributed by atoms with Crippen LogP contribution in [0.2, 0.25) is 0 Å². The van der Waals surface area contributed by atoms with Crippen molar-refractivity contribution < 1.29 is 27.1 Å². The van der Waals surface area contributed by atoms with Gasteiger partial charge in [-0.2, -0.15) is 13.2 Å². The molecular formula is C19H17F4N3O2. The van der Waals surface area contributed by atoms with Crippen molar-refractivity contribution in [2.75, 3.05) is 6.61 Å². The highest BCUT2D eigenvalue weighted by molar-refractivity contribution is 5.98. The number of fused-ring (bicyclic) bond motifs is 1. The topological polar surface area (TPSA) is 67.0 Å². The van der Waals surface area contributed by atoms with Crippen molar-refractivity contribution in [1.29, 1.82) is 0 Å². The zero-order chi connectivity index (χ0) is 20.5. The van der Waals surface area contributed by atoms with Crippen molar-refractivity contribution in [3.05, 3.63) is 59.3 Å². The zero-order valence-electron chi connectivity index (χ0n) is 15.0. The number of carbonyl (C=O) groups excluding carboxylic acids is 1. The zero-order valence-corrected chi connectivity index (χ0v) is 15.0. The van der Waals surface area contributed by atoms with E-state index in [-0.39, 0.29) is 17.1 Å². The van der Waals surface area contributed by atoms with Crippen LogP contribution in [0.5, 0.6) is 5.75 Å². The number of alkyl halides is 3. The van der Waals surface area contributed by atoms with Gasteiger partial charge in [-0.15, -0.1) is 0 Å². The molecule has 1 atom stereocenters. The minimum absolute atomic E-state index is 0.0607. The van der Waals surface area contributed by atoms with Gasteiger partial charge in [0, 0.05) is 16.6 Å². The fourth-order valence-electron chi connectivity index (χ4n) is 2.72. The molecule has 0 radical (unpaired) electrons. The summed E-state index contributed by atoms with van der Waals surface area (Å²) in [6.07, 6.45) is -4.49. The Hall–Kier alpha value is -3.10. The second-order valence-electron chi connectivity index (χ2n) is 6.35. The molecule has 0 fully saturated rings. The summed E-state index contributed by atoms with van der Waals surface area (Å²) in [7, 11) is 0. The number of H-pyrrole nitrogens is 1. The van der Waals surface area contributed by atoms with E-state index >= 15 is 0 Å². The first-order chi connectivity index (χ1) is 13.1. The summed E-state index contributed by atoms with van der Waals surface area (Å²) < 4.78 is 55.5. The Morgan fingerprint density at radius 3 is 2.71 bits per heavy atom. The Morgan fingerprint density at radius 1 is 1.25 bits per heavy atom. The van der Waals surface area contributed by atoms with Gasteiger partial charge in [0.2, 0.25) is 0 Å². The number of aryl methyl sites for hydroxylation is 1. The Morgan fingerprint density at radius 2 is 2.00 bits per heavy atom. The highest BCUT2D eigenvalue weighted by Gasteiger charge is 2.29. The molecule has 0 unspecified atom stereocenters. The van der Waals surface area contributed by atoms with Gasteiger partial charge >= 0.3 is 6.18 Å². The van der Waals surface area contributed by atoms with Gasteiger partial charge < -0.3 is 15.0 Å². The number of ether oxygens (including phenoxy) is 1. The number of carbonyl (C=O) groups is 1. The number of aromatic amines is 1. The maximum atomic E-state index is 13.3. The van der Waals surface area contributed by atoms with Crippen LogP contribution in [0.1, 0.15) is 34.8 Å². The van der Waals surface area contributed by atoms with E-state index in [1.165, 1.54) is 36.4 Å². The van der Waals surface area contributed by atoms with E-state index in [9.17, 15) is 22.4 Å². The predicted octanol–water partition coefficient (Wildman–Crippen LogP) is 4.44. The first kappa shape index (κ1) is 19.7. The molecule has 2 aromatic heterocycles. The predicted molar refractivity (Wildman–Crippen MR) is 94.7 cm³/mol. The molecule has 0 aliphatic rings. The van der Waals surface area contributed by atoms with Gasteiger partial charge in [0.25, 0.3) is 5.91 Å². The molecule has 0 aliphatic carbocycles. The van der Waals surface area contributed by atoms with Crippen LogP contribution in [0, 0.1) is 12.7 Å². The minimum Gasteiger partial charge on any atom is -0.482 e. The van der Waals surface area contributed by atoms with Crippen LogP contribution in [0.4, 0.5) is 17.6 Å². The van der Waals surface area contributed by atoms with Crippen molar-refractivity contribution in [2.24, 2.45) is 0 Å². The van der Waals surface area contributed by atoms with E-state index in [0.717, 1.165) is 0 Å².